The van der Waals surface area contributed by atoms with E-state index in [1.165, 1.54) is 5.69 Å². The zero-order valence-corrected chi connectivity index (χ0v) is 10.1. The molecule has 0 unspecified atom stereocenters. The topological polar surface area (TPSA) is 18.5 Å². The van der Waals surface area contributed by atoms with Gasteiger partial charge >= 0.3 is 0 Å². The summed E-state index contributed by atoms with van der Waals surface area (Å²) in [4.78, 5) is 4.46. The Labute approximate surface area is 92.7 Å². The summed E-state index contributed by atoms with van der Waals surface area (Å²) in [5.41, 5.74) is 2.41. The summed E-state index contributed by atoms with van der Waals surface area (Å²) in [6, 6.07) is 8.48. The van der Waals surface area contributed by atoms with Crippen LogP contribution in [0.25, 0.3) is 0 Å². The van der Waals surface area contributed by atoms with Crippen molar-refractivity contribution in [3.05, 3.63) is 24.3 Å². The lowest BCUT2D eigenvalue weighted by molar-refractivity contribution is 0.416. The van der Waals surface area contributed by atoms with Gasteiger partial charge in [0.05, 0.1) is 0 Å². The van der Waals surface area contributed by atoms with E-state index in [0.29, 0.717) is 0 Å². The summed E-state index contributed by atoms with van der Waals surface area (Å²) in [6.07, 6.45) is 0. The van der Waals surface area contributed by atoms with Crippen LogP contribution in [0.4, 0.5) is 11.4 Å². The first-order valence-electron chi connectivity index (χ1n) is 5.27. The summed E-state index contributed by atoms with van der Waals surface area (Å²) in [6.45, 7) is 2.12. The molecule has 1 aromatic rings. The Morgan fingerprint density at radius 2 is 1.60 bits per heavy atom. The highest BCUT2D eigenvalue weighted by atomic mass is 15.1. The molecule has 0 saturated carbocycles. The van der Waals surface area contributed by atoms with Crippen LogP contribution in [0.2, 0.25) is 0 Å². The second kappa shape index (κ2) is 5.61. The van der Waals surface area contributed by atoms with Crippen molar-refractivity contribution in [2.45, 2.75) is 0 Å². The fraction of sp³-hybridized carbons (Fsp3) is 0.500. The maximum absolute atomic E-state index is 3.12. The highest BCUT2D eigenvalue weighted by Gasteiger charge is 2.00. The number of nitrogens with zero attached hydrogens (tertiary/aromatic N) is 2. The predicted octanol–water partition coefficient (Wildman–Crippen LogP) is 1.73. The Morgan fingerprint density at radius 1 is 1.00 bits per heavy atom. The van der Waals surface area contributed by atoms with Crippen LogP contribution < -0.4 is 10.2 Å². The SMILES string of the molecule is CNc1ccc(N(C)CCN(C)C)cc1. The molecule has 0 radical (unpaired) electrons. The molecular weight excluding hydrogens is 186 g/mol. The van der Waals surface area contributed by atoms with Crippen LogP contribution in [0.15, 0.2) is 24.3 Å². The van der Waals surface area contributed by atoms with Crippen molar-refractivity contribution in [3.8, 4) is 0 Å². The van der Waals surface area contributed by atoms with Gasteiger partial charge in [0.25, 0.3) is 0 Å². The van der Waals surface area contributed by atoms with Gasteiger partial charge in [-0.15, -0.1) is 0 Å². The van der Waals surface area contributed by atoms with Crippen LogP contribution >= 0.6 is 0 Å². The van der Waals surface area contributed by atoms with E-state index in [9.17, 15) is 0 Å². The van der Waals surface area contributed by atoms with Gasteiger partial charge in [0, 0.05) is 38.6 Å². The van der Waals surface area contributed by atoms with Gasteiger partial charge < -0.3 is 15.1 Å². The molecule has 0 heterocycles. The number of likely N-dealkylation sites (N-methyl/N-ethyl adjacent to an activating group) is 2. The Morgan fingerprint density at radius 3 is 2.07 bits per heavy atom. The number of hydrogen-bond donors (Lipinski definition) is 1. The molecule has 0 saturated heterocycles. The van der Waals surface area contributed by atoms with E-state index in [2.05, 4.69) is 60.5 Å². The summed E-state index contributed by atoms with van der Waals surface area (Å²) in [7, 11) is 8.25. The van der Waals surface area contributed by atoms with E-state index in [4.69, 9.17) is 0 Å². The van der Waals surface area contributed by atoms with Crippen LogP contribution in [0, 0.1) is 0 Å². The number of anilines is 2. The van der Waals surface area contributed by atoms with Crippen molar-refractivity contribution in [3.63, 3.8) is 0 Å². The molecule has 0 atom stereocenters. The average Bonchev–Trinajstić information content (AvgIpc) is 2.26. The zero-order valence-electron chi connectivity index (χ0n) is 10.1. The van der Waals surface area contributed by atoms with E-state index in [1.807, 2.05) is 7.05 Å². The van der Waals surface area contributed by atoms with Crippen LogP contribution in [0.5, 0.6) is 0 Å². The van der Waals surface area contributed by atoms with Gasteiger partial charge in [-0.2, -0.15) is 0 Å². The maximum Gasteiger partial charge on any atom is 0.0365 e. The van der Waals surface area contributed by atoms with E-state index in [0.717, 1.165) is 18.8 Å². The smallest absolute Gasteiger partial charge is 0.0365 e. The lowest BCUT2D eigenvalue weighted by atomic mass is 10.2. The third kappa shape index (κ3) is 3.80. The van der Waals surface area contributed by atoms with E-state index in [1.54, 1.807) is 0 Å². The lowest BCUT2D eigenvalue weighted by Gasteiger charge is -2.21. The number of hydrogen-bond acceptors (Lipinski definition) is 3. The van der Waals surface area contributed by atoms with Crippen LogP contribution in [-0.4, -0.2) is 46.2 Å². The van der Waals surface area contributed by atoms with E-state index < -0.39 is 0 Å². The number of nitrogens with one attached hydrogen (secondary N) is 1. The summed E-state index contributed by atoms with van der Waals surface area (Å²) < 4.78 is 0. The monoisotopic (exact) mass is 207 g/mol. The highest BCUT2D eigenvalue weighted by Crippen LogP contribution is 2.15. The van der Waals surface area contributed by atoms with Gasteiger partial charge in [-0.3, -0.25) is 0 Å². The van der Waals surface area contributed by atoms with Crippen molar-refractivity contribution >= 4 is 11.4 Å². The molecule has 3 nitrogen and oxygen atoms in total. The molecule has 0 bridgehead atoms. The Kier molecular flexibility index (Phi) is 4.43. The van der Waals surface area contributed by atoms with Crippen molar-refractivity contribution < 1.29 is 0 Å². The van der Waals surface area contributed by atoms with Crippen LogP contribution in [0.3, 0.4) is 0 Å². The standard InChI is InChI=1S/C12H21N3/c1-13-11-5-7-12(8-6-11)15(4)10-9-14(2)3/h5-8,13H,9-10H2,1-4H3. The largest absolute Gasteiger partial charge is 0.388 e. The van der Waals surface area contributed by atoms with Gasteiger partial charge in [-0.25, -0.2) is 0 Å². The number of benzene rings is 1. The number of rotatable bonds is 5. The van der Waals surface area contributed by atoms with Crippen molar-refractivity contribution in [2.24, 2.45) is 0 Å². The Balaban J connectivity index is 2.54. The molecule has 15 heavy (non-hydrogen) atoms. The van der Waals surface area contributed by atoms with Gasteiger partial charge in [0.15, 0.2) is 0 Å². The minimum atomic E-state index is 1.05. The zero-order chi connectivity index (χ0) is 11.3. The third-order valence-electron chi connectivity index (χ3n) is 2.48. The van der Waals surface area contributed by atoms with Gasteiger partial charge in [0.1, 0.15) is 0 Å². The molecular formula is C12H21N3. The molecule has 1 aromatic carbocycles. The minimum Gasteiger partial charge on any atom is -0.388 e. The predicted molar refractivity (Wildman–Crippen MR) is 67.8 cm³/mol. The van der Waals surface area contributed by atoms with E-state index in [-0.39, 0.29) is 0 Å². The van der Waals surface area contributed by atoms with E-state index >= 15 is 0 Å². The maximum atomic E-state index is 3.12. The molecule has 0 amide bonds. The average molecular weight is 207 g/mol. The molecule has 84 valence electrons. The third-order valence-corrected chi connectivity index (χ3v) is 2.48. The van der Waals surface area contributed by atoms with Gasteiger partial charge in [-0.05, 0) is 38.4 Å². The molecule has 0 aliphatic heterocycles. The second-order valence-electron chi connectivity index (χ2n) is 4.02. The summed E-state index contributed by atoms with van der Waals surface area (Å²) >= 11 is 0. The van der Waals surface area contributed by atoms with Crippen molar-refractivity contribution in [2.75, 3.05) is 51.5 Å². The first-order chi connectivity index (χ1) is 7.13. The lowest BCUT2D eigenvalue weighted by Crippen LogP contribution is -2.28. The molecule has 3 heteroatoms. The molecule has 1 N–H and O–H groups in total. The van der Waals surface area contributed by atoms with Crippen LogP contribution in [0.1, 0.15) is 0 Å². The van der Waals surface area contributed by atoms with Gasteiger partial charge in [-0.1, -0.05) is 0 Å². The molecule has 0 aromatic heterocycles. The molecule has 0 fully saturated rings. The normalized spacial score (nSPS) is 10.5. The van der Waals surface area contributed by atoms with Crippen molar-refractivity contribution in [1.29, 1.82) is 0 Å². The fourth-order valence-corrected chi connectivity index (χ4v) is 1.36. The van der Waals surface area contributed by atoms with Crippen LogP contribution in [-0.2, 0) is 0 Å². The Bertz CT molecular complexity index is 279. The second-order valence-corrected chi connectivity index (χ2v) is 4.02. The summed E-state index contributed by atoms with van der Waals surface area (Å²) in [5, 5.41) is 3.12. The quantitative estimate of drug-likeness (QED) is 0.793. The molecule has 0 spiro atoms. The fourth-order valence-electron chi connectivity index (χ4n) is 1.36. The first kappa shape index (κ1) is 11.9. The van der Waals surface area contributed by atoms with Crippen molar-refractivity contribution in [1.82, 2.24) is 4.90 Å². The van der Waals surface area contributed by atoms with Gasteiger partial charge in [0.2, 0.25) is 0 Å². The minimum absolute atomic E-state index is 1.05. The highest BCUT2D eigenvalue weighted by molar-refractivity contribution is 5.54. The first-order valence-corrected chi connectivity index (χ1v) is 5.27. The molecule has 0 aliphatic carbocycles. The summed E-state index contributed by atoms with van der Waals surface area (Å²) in [5.74, 6) is 0. The molecule has 1 rings (SSSR count). The molecule has 0 aliphatic rings. The Hall–Kier alpha value is -1.22.